The standard InChI is InChI=1S/C10H10BrClN2O2/c1-2-16-10(15)9(12)14-13-8-5-3-4-7(11)6-8/h3-6,13H,2H2,1H3. The van der Waals surface area contributed by atoms with E-state index >= 15 is 0 Å². The van der Waals surface area contributed by atoms with E-state index in [4.69, 9.17) is 11.6 Å². The van der Waals surface area contributed by atoms with Crippen molar-refractivity contribution in [2.24, 2.45) is 5.10 Å². The third-order valence-corrected chi connectivity index (χ3v) is 2.28. The second-order valence-corrected chi connectivity index (χ2v) is 4.02. The Kier molecular flexibility index (Phi) is 5.28. The van der Waals surface area contributed by atoms with Crippen LogP contribution >= 0.6 is 27.5 Å². The number of benzene rings is 1. The summed E-state index contributed by atoms with van der Waals surface area (Å²) in [6.07, 6.45) is 0. The summed E-state index contributed by atoms with van der Waals surface area (Å²) < 4.78 is 5.57. The summed E-state index contributed by atoms with van der Waals surface area (Å²) in [6.45, 7) is 1.96. The van der Waals surface area contributed by atoms with Gasteiger partial charge in [-0.3, -0.25) is 5.43 Å². The lowest BCUT2D eigenvalue weighted by Crippen LogP contribution is -2.13. The van der Waals surface area contributed by atoms with Crippen LogP contribution in [0.4, 0.5) is 5.69 Å². The molecule has 0 saturated carbocycles. The van der Waals surface area contributed by atoms with Gasteiger partial charge in [-0.05, 0) is 25.1 Å². The highest BCUT2D eigenvalue weighted by molar-refractivity contribution is 9.10. The molecule has 0 fully saturated rings. The van der Waals surface area contributed by atoms with Crippen molar-refractivity contribution < 1.29 is 9.53 Å². The zero-order chi connectivity index (χ0) is 12.0. The second kappa shape index (κ2) is 6.50. The number of ether oxygens (including phenoxy) is 1. The van der Waals surface area contributed by atoms with Gasteiger partial charge in [0.2, 0.25) is 5.17 Å². The molecule has 0 amide bonds. The molecule has 4 nitrogen and oxygen atoms in total. The minimum atomic E-state index is -0.647. The Bertz CT molecular complexity index is 410. The molecule has 6 heteroatoms. The molecule has 86 valence electrons. The highest BCUT2D eigenvalue weighted by Gasteiger charge is 2.08. The number of hydrogen-bond acceptors (Lipinski definition) is 4. The van der Waals surface area contributed by atoms with E-state index < -0.39 is 5.97 Å². The number of hydrogen-bond donors (Lipinski definition) is 1. The number of esters is 1. The highest BCUT2D eigenvalue weighted by Crippen LogP contribution is 2.15. The van der Waals surface area contributed by atoms with E-state index in [1.165, 1.54) is 0 Å². The van der Waals surface area contributed by atoms with Gasteiger partial charge < -0.3 is 4.74 Å². The van der Waals surface area contributed by atoms with Gasteiger partial charge >= 0.3 is 5.97 Å². The first-order valence-electron chi connectivity index (χ1n) is 4.55. The maximum Gasteiger partial charge on any atom is 0.370 e. The summed E-state index contributed by atoms with van der Waals surface area (Å²) in [6, 6.07) is 7.31. The van der Waals surface area contributed by atoms with Crippen LogP contribution in [0.25, 0.3) is 0 Å². The van der Waals surface area contributed by atoms with Crippen LogP contribution < -0.4 is 5.43 Å². The van der Waals surface area contributed by atoms with Crippen LogP contribution in [0.3, 0.4) is 0 Å². The molecule has 0 saturated heterocycles. The first-order chi connectivity index (χ1) is 7.63. The van der Waals surface area contributed by atoms with E-state index in [9.17, 15) is 4.79 Å². The average molecular weight is 306 g/mol. The first kappa shape index (κ1) is 13.0. The number of anilines is 1. The quantitative estimate of drug-likeness (QED) is 0.528. The van der Waals surface area contributed by atoms with Crippen LogP contribution in [0.1, 0.15) is 6.92 Å². The molecule has 1 N–H and O–H groups in total. The van der Waals surface area contributed by atoms with Crippen molar-refractivity contribution in [3.05, 3.63) is 28.7 Å². The number of nitrogens with one attached hydrogen (secondary N) is 1. The van der Waals surface area contributed by atoms with Crippen LogP contribution in [0.2, 0.25) is 0 Å². The predicted octanol–water partition coefficient (Wildman–Crippen LogP) is 2.98. The van der Waals surface area contributed by atoms with Crippen LogP contribution in [0.5, 0.6) is 0 Å². The Balaban J connectivity index is 2.62. The van der Waals surface area contributed by atoms with Gasteiger partial charge in [0.1, 0.15) is 0 Å². The molecule has 0 unspecified atom stereocenters. The smallest absolute Gasteiger partial charge is 0.370 e. The molecule has 16 heavy (non-hydrogen) atoms. The van der Waals surface area contributed by atoms with E-state index in [0.29, 0.717) is 0 Å². The predicted molar refractivity (Wildman–Crippen MR) is 67.7 cm³/mol. The summed E-state index contributed by atoms with van der Waals surface area (Å²) in [4.78, 5) is 11.1. The number of rotatable bonds is 4. The van der Waals surface area contributed by atoms with Gasteiger partial charge in [0.25, 0.3) is 0 Å². The number of halogens is 2. The van der Waals surface area contributed by atoms with Crippen molar-refractivity contribution in [3.8, 4) is 0 Å². The van der Waals surface area contributed by atoms with Gasteiger partial charge in [-0.1, -0.05) is 33.6 Å². The van der Waals surface area contributed by atoms with Gasteiger partial charge in [0.05, 0.1) is 12.3 Å². The molecule has 0 aliphatic carbocycles. The normalized spacial score (nSPS) is 11.1. The van der Waals surface area contributed by atoms with E-state index in [0.717, 1.165) is 10.2 Å². The monoisotopic (exact) mass is 304 g/mol. The van der Waals surface area contributed by atoms with E-state index in [1.54, 1.807) is 19.1 Å². The molecule has 0 aromatic heterocycles. The molecule has 0 bridgehead atoms. The van der Waals surface area contributed by atoms with Crippen molar-refractivity contribution in [1.29, 1.82) is 0 Å². The lowest BCUT2D eigenvalue weighted by molar-refractivity contribution is -0.134. The van der Waals surface area contributed by atoms with E-state index in [1.807, 2.05) is 12.1 Å². The molecule has 1 aromatic rings. The second-order valence-electron chi connectivity index (χ2n) is 2.75. The van der Waals surface area contributed by atoms with Crippen molar-refractivity contribution in [2.45, 2.75) is 6.92 Å². The number of nitrogens with zero attached hydrogens (tertiary/aromatic N) is 1. The van der Waals surface area contributed by atoms with E-state index in [-0.39, 0.29) is 11.8 Å². The number of carbonyl (C=O) groups is 1. The van der Waals surface area contributed by atoms with Crippen molar-refractivity contribution in [1.82, 2.24) is 0 Å². The summed E-state index contributed by atoms with van der Waals surface area (Å²) in [7, 11) is 0. The third kappa shape index (κ3) is 4.20. The minimum absolute atomic E-state index is 0.234. The maximum absolute atomic E-state index is 11.1. The summed E-state index contributed by atoms with van der Waals surface area (Å²) >= 11 is 8.91. The number of carbonyl (C=O) groups excluding carboxylic acids is 1. The van der Waals surface area contributed by atoms with Gasteiger partial charge in [-0.2, -0.15) is 5.10 Å². The molecule has 0 atom stereocenters. The van der Waals surface area contributed by atoms with Gasteiger partial charge in [0.15, 0.2) is 0 Å². The molecular weight excluding hydrogens is 295 g/mol. The van der Waals surface area contributed by atoms with Gasteiger partial charge in [-0.15, -0.1) is 0 Å². The zero-order valence-electron chi connectivity index (χ0n) is 8.54. The third-order valence-electron chi connectivity index (χ3n) is 1.55. The zero-order valence-corrected chi connectivity index (χ0v) is 10.9. The fourth-order valence-corrected chi connectivity index (χ4v) is 1.40. The summed E-state index contributed by atoms with van der Waals surface area (Å²) in [5.74, 6) is -0.647. The molecule has 1 rings (SSSR count). The van der Waals surface area contributed by atoms with Crippen LogP contribution in [0.15, 0.2) is 33.8 Å². The fraction of sp³-hybridized carbons (Fsp3) is 0.200. The minimum Gasteiger partial charge on any atom is -0.461 e. The fourth-order valence-electron chi connectivity index (χ4n) is 0.908. The summed E-state index contributed by atoms with van der Waals surface area (Å²) in [5, 5.41) is 3.46. The SMILES string of the molecule is CCOC(=O)C(Cl)=NNc1cccc(Br)c1. The average Bonchev–Trinajstić information content (AvgIpc) is 2.26. The highest BCUT2D eigenvalue weighted by atomic mass is 79.9. The summed E-state index contributed by atoms with van der Waals surface area (Å²) in [5.41, 5.74) is 3.37. The first-order valence-corrected chi connectivity index (χ1v) is 5.72. The Morgan fingerprint density at radius 3 is 3.00 bits per heavy atom. The Morgan fingerprint density at radius 1 is 1.62 bits per heavy atom. The maximum atomic E-state index is 11.1. The Hall–Kier alpha value is -1.07. The lowest BCUT2D eigenvalue weighted by atomic mass is 10.3. The molecule has 0 aliphatic rings. The molecule has 1 aromatic carbocycles. The topological polar surface area (TPSA) is 50.7 Å². The van der Waals surface area contributed by atoms with Gasteiger partial charge in [-0.25, -0.2) is 4.79 Å². The molecule has 0 spiro atoms. The largest absolute Gasteiger partial charge is 0.461 e. The molecule has 0 heterocycles. The van der Waals surface area contributed by atoms with Crippen LogP contribution in [-0.2, 0) is 9.53 Å². The van der Waals surface area contributed by atoms with E-state index in [2.05, 4.69) is 31.2 Å². The molecular formula is C10H10BrClN2O2. The molecule has 0 radical (unpaired) electrons. The van der Waals surface area contributed by atoms with Crippen LogP contribution in [0, 0.1) is 0 Å². The Labute approximate surface area is 107 Å². The van der Waals surface area contributed by atoms with Gasteiger partial charge in [0, 0.05) is 4.47 Å². The molecule has 0 aliphatic heterocycles. The Morgan fingerprint density at radius 2 is 2.38 bits per heavy atom. The number of hydrazone groups is 1. The lowest BCUT2D eigenvalue weighted by Gasteiger charge is -2.02. The van der Waals surface area contributed by atoms with Crippen molar-refractivity contribution >= 4 is 44.4 Å². The van der Waals surface area contributed by atoms with Crippen molar-refractivity contribution in [3.63, 3.8) is 0 Å². The van der Waals surface area contributed by atoms with Crippen molar-refractivity contribution in [2.75, 3.05) is 12.0 Å². The van der Waals surface area contributed by atoms with Crippen LogP contribution in [-0.4, -0.2) is 17.7 Å².